The molecule has 2 aromatic carbocycles. The average molecular weight is 597 g/mol. The molecular weight excluding hydrogens is 569 g/mol. The highest BCUT2D eigenvalue weighted by atomic mass is 35.5. The summed E-state index contributed by atoms with van der Waals surface area (Å²) in [6.07, 6.45) is 4.32. The number of rotatable bonds is 6. The van der Waals surface area contributed by atoms with Crippen LogP contribution in [0.25, 0.3) is 11.3 Å². The van der Waals surface area contributed by atoms with Gasteiger partial charge in [0, 0.05) is 22.2 Å². The fraction of sp³-hybridized carbons (Fsp3) is 0.267. The van der Waals surface area contributed by atoms with Crippen molar-refractivity contribution in [2.75, 3.05) is 5.32 Å². The van der Waals surface area contributed by atoms with Crippen molar-refractivity contribution in [3.05, 3.63) is 96.5 Å². The van der Waals surface area contributed by atoms with Gasteiger partial charge in [0.15, 0.2) is 0 Å². The maximum absolute atomic E-state index is 13.5. The Labute approximate surface area is 246 Å². The van der Waals surface area contributed by atoms with E-state index in [2.05, 4.69) is 26.1 Å². The quantitative estimate of drug-likeness (QED) is 0.136. The molecule has 7 nitrogen and oxygen atoms in total. The van der Waals surface area contributed by atoms with Gasteiger partial charge in [0.05, 0.1) is 21.7 Å². The molecule has 1 aliphatic rings. The predicted octanol–water partition coefficient (Wildman–Crippen LogP) is 9.38. The number of benzene rings is 2. The third-order valence-electron chi connectivity index (χ3n) is 7.16. The molecule has 1 aliphatic carbocycles. The predicted molar refractivity (Wildman–Crippen MR) is 162 cm³/mol. The summed E-state index contributed by atoms with van der Waals surface area (Å²) in [7, 11) is 0. The lowest BCUT2D eigenvalue weighted by Gasteiger charge is -2.33. The van der Waals surface area contributed by atoms with E-state index in [-0.39, 0.29) is 27.1 Å². The first-order valence-corrected chi connectivity index (χ1v) is 14.4. The molecule has 0 unspecified atom stereocenters. The van der Waals surface area contributed by atoms with E-state index in [9.17, 15) is 14.9 Å². The van der Waals surface area contributed by atoms with Crippen molar-refractivity contribution in [3.63, 3.8) is 0 Å². The standard InChI is InChI=1S/C30H27Cl2N3O4S/c1-30(2,3)17-9-11-20-26(13-17)40-29(27(20)28(36)34-18-7-5-4-6-8-18)33-16-19-10-12-25(39-19)21-14-23(32)24(35(37)38)15-22(21)31/h4-8,10,12,14-17H,9,11,13H2,1-3H3,(H,34,36)/t17-/m1/s1. The second kappa shape index (κ2) is 11.2. The molecule has 1 atom stereocenters. The topological polar surface area (TPSA) is 97.7 Å². The number of carbonyl (C=O) groups is 1. The molecule has 1 N–H and O–H groups in total. The van der Waals surface area contributed by atoms with Crippen LogP contribution in [0.2, 0.25) is 10.0 Å². The summed E-state index contributed by atoms with van der Waals surface area (Å²) in [4.78, 5) is 30.0. The van der Waals surface area contributed by atoms with Crippen LogP contribution in [0.4, 0.5) is 16.4 Å². The molecule has 0 fully saturated rings. The van der Waals surface area contributed by atoms with Crippen LogP contribution in [0.3, 0.4) is 0 Å². The third-order valence-corrected chi connectivity index (χ3v) is 8.94. The second-order valence-electron chi connectivity index (χ2n) is 10.8. The normalized spacial score (nSPS) is 15.3. The SMILES string of the molecule is CC(C)(C)[C@@H]1CCc2c(sc(N=Cc3ccc(-c4cc(Cl)c([N+](=O)[O-])cc4Cl)o3)c2C(=O)Nc2ccccc2)C1. The molecule has 2 aromatic heterocycles. The molecule has 5 rings (SSSR count). The first kappa shape index (κ1) is 28.1. The number of nitro groups is 1. The minimum atomic E-state index is -0.589. The molecule has 0 bridgehead atoms. The first-order chi connectivity index (χ1) is 19.0. The minimum absolute atomic E-state index is 0.0391. The summed E-state index contributed by atoms with van der Waals surface area (Å²) < 4.78 is 5.93. The summed E-state index contributed by atoms with van der Waals surface area (Å²) >= 11 is 13.9. The van der Waals surface area contributed by atoms with Crippen LogP contribution in [-0.2, 0) is 12.8 Å². The van der Waals surface area contributed by atoms with E-state index in [4.69, 9.17) is 32.6 Å². The number of aliphatic imine (C=N–C) groups is 1. The molecule has 0 spiro atoms. The van der Waals surface area contributed by atoms with Gasteiger partial charge >= 0.3 is 0 Å². The van der Waals surface area contributed by atoms with E-state index in [1.54, 1.807) is 29.7 Å². The Hall–Kier alpha value is -3.46. The number of fused-ring (bicyclic) bond motifs is 1. The van der Waals surface area contributed by atoms with Gasteiger partial charge < -0.3 is 9.73 Å². The number of hydrogen-bond acceptors (Lipinski definition) is 6. The maximum Gasteiger partial charge on any atom is 0.289 e. The highest BCUT2D eigenvalue weighted by Gasteiger charge is 2.33. The van der Waals surface area contributed by atoms with Crippen molar-refractivity contribution >= 4 is 63.0 Å². The molecule has 0 saturated carbocycles. The number of furan rings is 1. The summed E-state index contributed by atoms with van der Waals surface area (Å²) in [6, 6.07) is 15.4. The second-order valence-corrected chi connectivity index (χ2v) is 12.7. The number of thiophene rings is 1. The van der Waals surface area contributed by atoms with Crippen LogP contribution in [-0.4, -0.2) is 17.0 Å². The molecule has 1 amide bonds. The molecule has 206 valence electrons. The van der Waals surface area contributed by atoms with Crippen molar-refractivity contribution in [2.45, 2.75) is 40.0 Å². The third kappa shape index (κ3) is 5.84. The van der Waals surface area contributed by atoms with Gasteiger partial charge in [-0.3, -0.25) is 14.9 Å². The van der Waals surface area contributed by atoms with Gasteiger partial charge in [0.2, 0.25) is 0 Å². The molecule has 0 saturated heterocycles. The van der Waals surface area contributed by atoms with Gasteiger partial charge in [0.25, 0.3) is 11.6 Å². The molecule has 4 aromatic rings. The van der Waals surface area contributed by atoms with Gasteiger partial charge in [-0.2, -0.15) is 0 Å². The van der Waals surface area contributed by atoms with Crippen molar-refractivity contribution in [2.24, 2.45) is 16.3 Å². The van der Waals surface area contributed by atoms with Crippen molar-refractivity contribution in [1.82, 2.24) is 0 Å². The number of carbonyl (C=O) groups excluding carboxylic acids is 1. The van der Waals surface area contributed by atoms with Gasteiger partial charge in [-0.25, -0.2) is 4.99 Å². The summed E-state index contributed by atoms with van der Waals surface area (Å²) in [5.41, 5.74) is 2.72. The number of halogens is 2. The molecule has 10 heteroatoms. The van der Waals surface area contributed by atoms with E-state index in [0.29, 0.717) is 33.6 Å². The number of amides is 1. The van der Waals surface area contributed by atoms with Crippen molar-refractivity contribution < 1.29 is 14.1 Å². The largest absolute Gasteiger partial charge is 0.455 e. The van der Waals surface area contributed by atoms with E-state index in [1.165, 1.54) is 17.0 Å². The Bertz CT molecular complexity index is 1620. The van der Waals surface area contributed by atoms with E-state index in [0.717, 1.165) is 30.5 Å². The highest BCUT2D eigenvalue weighted by molar-refractivity contribution is 7.16. The summed E-state index contributed by atoms with van der Waals surface area (Å²) in [6.45, 7) is 6.78. The lowest BCUT2D eigenvalue weighted by molar-refractivity contribution is -0.384. The van der Waals surface area contributed by atoms with Crippen LogP contribution >= 0.6 is 34.5 Å². The molecule has 40 heavy (non-hydrogen) atoms. The number of anilines is 1. The maximum atomic E-state index is 13.5. The van der Waals surface area contributed by atoms with E-state index < -0.39 is 4.92 Å². The number of hydrogen-bond donors (Lipinski definition) is 1. The lowest BCUT2D eigenvalue weighted by Crippen LogP contribution is -2.27. The monoisotopic (exact) mass is 595 g/mol. The van der Waals surface area contributed by atoms with Crippen LogP contribution in [0.5, 0.6) is 0 Å². The smallest absolute Gasteiger partial charge is 0.289 e. The van der Waals surface area contributed by atoms with Gasteiger partial charge in [-0.1, -0.05) is 62.2 Å². The van der Waals surface area contributed by atoms with E-state index >= 15 is 0 Å². The Kier molecular flexibility index (Phi) is 7.86. The fourth-order valence-electron chi connectivity index (χ4n) is 4.91. The van der Waals surface area contributed by atoms with Gasteiger partial charge in [0.1, 0.15) is 21.5 Å². The molecule has 0 aliphatic heterocycles. The van der Waals surface area contributed by atoms with Gasteiger partial charge in [-0.15, -0.1) is 11.3 Å². The molecular formula is C30H27Cl2N3O4S. The van der Waals surface area contributed by atoms with Crippen LogP contribution < -0.4 is 5.32 Å². The van der Waals surface area contributed by atoms with Crippen LogP contribution in [0.15, 0.2) is 64.0 Å². The Morgan fingerprint density at radius 1 is 1.15 bits per heavy atom. The van der Waals surface area contributed by atoms with Gasteiger partial charge in [-0.05, 0) is 66.5 Å². The fourth-order valence-corrected chi connectivity index (χ4v) is 6.66. The Morgan fingerprint density at radius 3 is 2.60 bits per heavy atom. The number of nitrogens with zero attached hydrogens (tertiary/aromatic N) is 2. The minimum Gasteiger partial charge on any atom is -0.455 e. The van der Waals surface area contributed by atoms with E-state index in [1.807, 2.05) is 30.3 Å². The summed E-state index contributed by atoms with van der Waals surface area (Å²) in [5.74, 6) is 1.17. The van der Waals surface area contributed by atoms with Crippen molar-refractivity contribution in [1.29, 1.82) is 0 Å². The molecule has 0 radical (unpaired) electrons. The first-order valence-electron chi connectivity index (χ1n) is 12.8. The number of nitro benzene ring substituents is 1. The van der Waals surface area contributed by atoms with Crippen LogP contribution in [0, 0.1) is 21.4 Å². The summed E-state index contributed by atoms with van der Waals surface area (Å²) in [5, 5.41) is 14.9. The van der Waals surface area contributed by atoms with Crippen LogP contribution in [0.1, 0.15) is 53.8 Å². The molecule has 2 heterocycles. The zero-order chi connectivity index (χ0) is 28.6. The average Bonchev–Trinajstić information content (AvgIpc) is 3.52. The number of para-hydroxylation sites is 1. The highest BCUT2D eigenvalue weighted by Crippen LogP contribution is 2.45. The lowest BCUT2D eigenvalue weighted by atomic mass is 9.72. The Balaban J connectivity index is 1.47. The van der Waals surface area contributed by atoms with Crippen molar-refractivity contribution in [3.8, 4) is 11.3 Å². The number of nitrogens with one attached hydrogen (secondary N) is 1. The Morgan fingerprint density at radius 2 is 1.90 bits per heavy atom. The zero-order valence-electron chi connectivity index (χ0n) is 22.2. The zero-order valence-corrected chi connectivity index (χ0v) is 24.5.